The highest BCUT2D eigenvalue weighted by atomic mass is 16.1. The van der Waals surface area contributed by atoms with Crippen molar-refractivity contribution in [3.63, 3.8) is 0 Å². The van der Waals surface area contributed by atoms with Gasteiger partial charge in [-0.05, 0) is 25.0 Å². The zero-order valence-corrected chi connectivity index (χ0v) is 8.79. The monoisotopic (exact) mass is 202 g/mol. The number of hydrogen-bond donors (Lipinski definition) is 1. The molecule has 0 saturated heterocycles. The van der Waals surface area contributed by atoms with Crippen molar-refractivity contribution in [2.24, 2.45) is 0 Å². The zero-order valence-electron chi connectivity index (χ0n) is 8.79. The first-order valence-corrected chi connectivity index (χ1v) is 5.02. The molecule has 0 bridgehead atoms. The minimum atomic E-state index is -0.0639. The van der Waals surface area contributed by atoms with Crippen LogP contribution < -0.4 is 5.32 Å². The quantitative estimate of drug-likeness (QED) is 0.810. The van der Waals surface area contributed by atoms with Crippen molar-refractivity contribution in [3.8, 4) is 6.07 Å². The van der Waals surface area contributed by atoms with Crippen LogP contribution in [0.1, 0.15) is 29.3 Å². The highest BCUT2D eigenvalue weighted by molar-refractivity contribution is 5.95. The Morgan fingerprint density at radius 1 is 1.47 bits per heavy atom. The second-order valence-electron chi connectivity index (χ2n) is 3.17. The molecule has 3 heteroatoms. The minimum absolute atomic E-state index is 0.0639. The highest BCUT2D eigenvalue weighted by Crippen LogP contribution is 2.10. The molecule has 1 rings (SSSR count). The van der Waals surface area contributed by atoms with E-state index in [4.69, 9.17) is 5.26 Å². The van der Waals surface area contributed by atoms with E-state index in [1.54, 1.807) is 6.07 Å². The van der Waals surface area contributed by atoms with Crippen LogP contribution in [0, 0.1) is 11.3 Å². The van der Waals surface area contributed by atoms with Crippen molar-refractivity contribution in [1.29, 1.82) is 5.26 Å². The van der Waals surface area contributed by atoms with E-state index in [1.807, 2.05) is 25.1 Å². The number of amides is 1. The fourth-order valence-corrected chi connectivity index (χ4v) is 1.41. The van der Waals surface area contributed by atoms with Crippen molar-refractivity contribution in [1.82, 2.24) is 5.32 Å². The molecule has 0 saturated carbocycles. The molecule has 0 radical (unpaired) electrons. The number of carbonyl (C=O) groups excluding carboxylic acids is 1. The Hall–Kier alpha value is -1.82. The third kappa shape index (κ3) is 3.10. The summed E-state index contributed by atoms with van der Waals surface area (Å²) in [6.45, 7) is 2.50. The summed E-state index contributed by atoms with van der Waals surface area (Å²) in [6.07, 6.45) is 1.07. The Morgan fingerprint density at radius 3 is 2.87 bits per heavy atom. The van der Waals surface area contributed by atoms with Crippen LogP contribution in [0.15, 0.2) is 24.3 Å². The number of rotatable bonds is 4. The molecular formula is C12H14N2O. The molecule has 0 aliphatic heterocycles. The molecule has 1 aromatic carbocycles. The van der Waals surface area contributed by atoms with E-state index in [0.717, 1.165) is 5.56 Å². The molecule has 0 aliphatic rings. The Morgan fingerprint density at radius 2 is 2.20 bits per heavy atom. The summed E-state index contributed by atoms with van der Waals surface area (Å²) >= 11 is 0. The van der Waals surface area contributed by atoms with Crippen LogP contribution in [0.2, 0.25) is 0 Å². The van der Waals surface area contributed by atoms with E-state index in [1.165, 1.54) is 0 Å². The molecule has 0 aliphatic carbocycles. The van der Waals surface area contributed by atoms with E-state index in [2.05, 4.69) is 11.4 Å². The number of aryl methyl sites for hydroxylation is 1. The SMILES string of the molecule is CCNC(=O)c1ccccc1CCC#N. The molecule has 0 unspecified atom stereocenters. The maximum Gasteiger partial charge on any atom is 0.251 e. The first-order valence-electron chi connectivity index (χ1n) is 5.02. The Kier molecular flexibility index (Phi) is 4.36. The van der Waals surface area contributed by atoms with Gasteiger partial charge in [0.2, 0.25) is 0 Å². The molecule has 0 spiro atoms. The Balaban J connectivity index is 2.86. The largest absolute Gasteiger partial charge is 0.352 e. The zero-order chi connectivity index (χ0) is 11.1. The molecule has 1 amide bonds. The number of nitrogens with zero attached hydrogens (tertiary/aromatic N) is 1. The summed E-state index contributed by atoms with van der Waals surface area (Å²) in [6, 6.07) is 9.48. The summed E-state index contributed by atoms with van der Waals surface area (Å²) in [5.41, 5.74) is 1.61. The molecule has 0 fully saturated rings. The normalized spacial score (nSPS) is 9.33. The molecular weight excluding hydrogens is 188 g/mol. The standard InChI is InChI=1S/C12H14N2O/c1-2-14-12(15)11-8-4-3-6-10(11)7-5-9-13/h3-4,6,8H,2,5,7H2,1H3,(H,14,15). The predicted molar refractivity (Wildman–Crippen MR) is 58.4 cm³/mol. The maximum atomic E-state index is 11.6. The van der Waals surface area contributed by atoms with E-state index in [9.17, 15) is 4.79 Å². The van der Waals surface area contributed by atoms with Gasteiger partial charge in [0.25, 0.3) is 5.91 Å². The van der Waals surface area contributed by atoms with Gasteiger partial charge in [0, 0.05) is 18.5 Å². The van der Waals surface area contributed by atoms with Gasteiger partial charge in [-0.1, -0.05) is 18.2 Å². The van der Waals surface area contributed by atoms with Crippen LogP contribution >= 0.6 is 0 Å². The van der Waals surface area contributed by atoms with Crippen LogP contribution in [-0.2, 0) is 6.42 Å². The second-order valence-corrected chi connectivity index (χ2v) is 3.17. The molecule has 0 atom stereocenters. The third-order valence-electron chi connectivity index (χ3n) is 2.11. The molecule has 0 aromatic heterocycles. The summed E-state index contributed by atoms with van der Waals surface area (Å²) in [4.78, 5) is 11.6. The van der Waals surface area contributed by atoms with Crippen LogP contribution in [0.4, 0.5) is 0 Å². The smallest absolute Gasteiger partial charge is 0.251 e. The lowest BCUT2D eigenvalue weighted by atomic mass is 10.0. The average Bonchev–Trinajstić information content (AvgIpc) is 2.27. The van der Waals surface area contributed by atoms with Gasteiger partial charge in [0.1, 0.15) is 0 Å². The number of benzene rings is 1. The summed E-state index contributed by atoms with van der Waals surface area (Å²) < 4.78 is 0. The summed E-state index contributed by atoms with van der Waals surface area (Å²) in [5, 5.41) is 11.3. The summed E-state index contributed by atoms with van der Waals surface area (Å²) in [5.74, 6) is -0.0639. The number of nitrogens with one attached hydrogen (secondary N) is 1. The first kappa shape index (κ1) is 11.3. The van der Waals surface area contributed by atoms with Gasteiger partial charge in [0.15, 0.2) is 0 Å². The number of hydrogen-bond acceptors (Lipinski definition) is 2. The Bertz CT molecular complexity index is 379. The van der Waals surface area contributed by atoms with Gasteiger partial charge >= 0.3 is 0 Å². The molecule has 1 N–H and O–H groups in total. The number of carbonyl (C=O) groups is 1. The predicted octanol–water partition coefficient (Wildman–Crippen LogP) is 1.89. The average molecular weight is 202 g/mol. The Labute approximate surface area is 89.7 Å². The van der Waals surface area contributed by atoms with Gasteiger partial charge in [-0.3, -0.25) is 4.79 Å². The van der Waals surface area contributed by atoms with Crippen molar-refractivity contribution >= 4 is 5.91 Å². The first-order chi connectivity index (χ1) is 7.29. The molecule has 3 nitrogen and oxygen atoms in total. The van der Waals surface area contributed by atoms with Gasteiger partial charge < -0.3 is 5.32 Å². The van der Waals surface area contributed by atoms with Gasteiger partial charge in [-0.2, -0.15) is 5.26 Å². The van der Waals surface area contributed by atoms with Gasteiger partial charge in [0.05, 0.1) is 6.07 Å². The fourth-order valence-electron chi connectivity index (χ4n) is 1.41. The number of nitriles is 1. The second kappa shape index (κ2) is 5.82. The lowest BCUT2D eigenvalue weighted by Crippen LogP contribution is -2.23. The molecule has 0 heterocycles. The van der Waals surface area contributed by atoms with Gasteiger partial charge in [-0.15, -0.1) is 0 Å². The van der Waals surface area contributed by atoms with Crippen LogP contribution in [0.5, 0.6) is 0 Å². The molecule has 15 heavy (non-hydrogen) atoms. The van der Waals surface area contributed by atoms with E-state index in [0.29, 0.717) is 24.9 Å². The van der Waals surface area contributed by atoms with Crippen molar-refractivity contribution in [2.45, 2.75) is 19.8 Å². The highest BCUT2D eigenvalue weighted by Gasteiger charge is 2.08. The maximum absolute atomic E-state index is 11.6. The van der Waals surface area contributed by atoms with Crippen LogP contribution in [0.25, 0.3) is 0 Å². The van der Waals surface area contributed by atoms with Crippen LogP contribution in [0.3, 0.4) is 0 Å². The minimum Gasteiger partial charge on any atom is -0.352 e. The molecule has 78 valence electrons. The fraction of sp³-hybridized carbons (Fsp3) is 0.333. The third-order valence-corrected chi connectivity index (χ3v) is 2.11. The van der Waals surface area contributed by atoms with Crippen molar-refractivity contribution < 1.29 is 4.79 Å². The van der Waals surface area contributed by atoms with Crippen molar-refractivity contribution in [3.05, 3.63) is 35.4 Å². The molecule has 1 aromatic rings. The summed E-state index contributed by atoms with van der Waals surface area (Å²) in [7, 11) is 0. The lowest BCUT2D eigenvalue weighted by Gasteiger charge is -2.07. The topological polar surface area (TPSA) is 52.9 Å². The van der Waals surface area contributed by atoms with Crippen molar-refractivity contribution in [2.75, 3.05) is 6.54 Å². The lowest BCUT2D eigenvalue weighted by molar-refractivity contribution is 0.0955. The van der Waals surface area contributed by atoms with E-state index >= 15 is 0 Å². The van der Waals surface area contributed by atoms with Crippen LogP contribution in [-0.4, -0.2) is 12.5 Å². The van der Waals surface area contributed by atoms with E-state index < -0.39 is 0 Å². The van der Waals surface area contributed by atoms with Gasteiger partial charge in [-0.25, -0.2) is 0 Å². The van der Waals surface area contributed by atoms with E-state index in [-0.39, 0.29) is 5.91 Å².